The van der Waals surface area contributed by atoms with E-state index in [4.69, 9.17) is 11.6 Å². The molecule has 1 aliphatic heterocycles. The van der Waals surface area contributed by atoms with Crippen LogP contribution in [-0.4, -0.2) is 30.5 Å². The lowest BCUT2D eigenvalue weighted by Gasteiger charge is -2.09. The summed E-state index contributed by atoms with van der Waals surface area (Å²) in [5, 5.41) is 15.1. The molecule has 8 nitrogen and oxygen atoms in total. The first-order chi connectivity index (χ1) is 11.6. The zero-order valence-corrected chi connectivity index (χ0v) is 13.5. The summed E-state index contributed by atoms with van der Waals surface area (Å²) < 4.78 is 2.86. The number of carbonyl (C=O) groups is 1. The van der Waals surface area contributed by atoms with E-state index in [1.54, 1.807) is 22.9 Å². The molecule has 0 aliphatic carbocycles. The van der Waals surface area contributed by atoms with E-state index in [1.165, 1.54) is 4.68 Å². The van der Waals surface area contributed by atoms with Crippen molar-refractivity contribution in [2.75, 3.05) is 5.32 Å². The Balaban J connectivity index is 1.58. The topological polar surface area (TPSA) is 97.6 Å². The highest BCUT2D eigenvalue weighted by atomic mass is 35.5. The molecule has 9 heteroatoms. The Morgan fingerprint density at radius 2 is 2.25 bits per heavy atom. The van der Waals surface area contributed by atoms with Gasteiger partial charge in [-0.25, -0.2) is 9.48 Å². The first kappa shape index (κ1) is 14.9. The number of amides is 1. The molecule has 2 N–H and O–H groups in total. The van der Waals surface area contributed by atoms with Gasteiger partial charge in [-0.2, -0.15) is 10.2 Å². The lowest BCUT2D eigenvalue weighted by atomic mass is 10.2. The highest BCUT2D eigenvalue weighted by Gasteiger charge is 2.18. The summed E-state index contributed by atoms with van der Waals surface area (Å²) in [6.07, 6.45) is 4.38. The molecule has 0 spiro atoms. The predicted octanol–water partition coefficient (Wildman–Crippen LogP) is 1.55. The molecule has 24 heavy (non-hydrogen) atoms. The van der Waals surface area contributed by atoms with Crippen LogP contribution in [0.3, 0.4) is 0 Å². The smallest absolute Gasteiger partial charge is 0.323 e. The standard InChI is InChI=1S/C15H15ClN6O2/c16-10-5-9-7-17-19-14(9)11(6-10)18-13(23)8-22-15(24)21-4-2-1-3-12(21)20-22/h5-7H,1-4,8H2,(H,17,19)(H,18,23). The third-order valence-corrected chi connectivity index (χ3v) is 4.33. The number of aryl methyl sites for hydroxylation is 1. The van der Waals surface area contributed by atoms with Crippen molar-refractivity contribution in [2.24, 2.45) is 0 Å². The van der Waals surface area contributed by atoms with Gasteiger partial charge >= 0.3 is 5.69 Å². The van der Waals surface area contributed by atoms with E-state index in [2.05, 4.69) is 20.6 Å². The van der Waals surface area contributed by atoms with Gasteiger partial charge in [-0.05, 0) is 25.0 Å². The highest BCUT2D eigenvalue weighted by Crippen LogP contribution is 2.26. The van der Waals surface area contributed by atoms with Gasteiger partial charge in [-0.15, -0.1) is 0 Å². The Morgan fingerprint density at radius 1 is 1.38 bits per heavy atom. The second kappa shape index (κ2) is 5.79. The molecule has 0 saturated carbocycles. The minimum atomic E-state index is -0.342. The van der Waals surface area contributed by atoms with Gasteiger partial charge in [0, 0.05) is 23.4 Å². The number of nitrogens with zero attached hydrogens (tertiary/aromatic N) is 4. The van der Waals surface area contributed by atoms with Gasteiger partial charge in [0.1, 0.15) is 12.4 Å². The Bertz CT molecular complexity index is 986. The van der Waals surface area contributed by atoms with E-state index >= 15 is 0 Å². The SMILES string of the molecule is O=C(Cn1nc2n(c1=O)CCCC2)Nc1cc(Cl)cc2cn[nH]c12. The van der Waals surface area contributed by atoms with Crippen molar-refractivity contribution in [3.8, 4) is 0 Å². The Kier molecular flexibility index (Phi) is 3.61. The lowest BCUT2D eigenvalue weighted by Crippen LogP contribution is -2.30. The third kappa shape index (κ3) is 2.58. The number of aromatic nitrogens is 5. The molecule has 3 heterocycles. The molecule has 3 aromatic rings. The normalized spacial score (nSPS) is 13.9. The van der Waals surface area contributed by atoms with Crippen LogP contribution in [0.25, 0.3) is 10.9 Å². The van der Waals surface area contributed by atoms with Crippen LogP contribution in [0.2, 0.25) is 5.02 Å². The first-order valence-corrected chi connectivity index (χ1v) is 8.08. The number of anilines is 1. The molecule has 0 atom stereocenters. The zero-order chi connectivity index (χ0) is 16.7. The second-order valence-electron chi connectivity index (χ2n) is 5.80. The molecule has 4 rings (SSSR count). The summed E-state index contributed by atoms with van der Waals surface area (Å²) in [7, 11) is 0. The molecule has 0 fully saturated rings. The van der Waals surface area contributed by atoms with Crippen molar-refractivity contribution >= 4 is 34.1 Å². The molecule has 1 aliphatic rings. The minimum absolute atomic E-state index is 0.138. The second-order valence-corrected chi connectivity index (χ2v) is 6.24. The van der Waals surface area contributed by atoms with Crippen molar-refractivity contribution < 1.29 is 4.79 Å². The molecule has 124 valence electrons. The third-order valence-electron chi connectivity index (χ3n) is 4.11. The summed E-state index contributed by atoms with van der Waals surface area (Å²) in [6, 6.07) is 3.39. The summed E-state index contributed by atoms with van der Waals surface area (Å²) >= 11 is 6.05. The molecule has 0 bridgehead atoms. The van der Waals surface area contributed by atoms with Gasteiger partial charge in [0.05, 0.1) is 17.4 Å². The number of H-pyrrole nitrogens is 1. The summed E-state index contributed by atoms with van der Waals surface area (Å²) in [6.45, 7) is 0.528. The molecule has 2 aromatic heterocycles. The Labute approximate surface area is 141 Å². The lowest BCUT2D eigenvalue weighted by molar-refractivity contribution is -0.117. The maximum absolute atomic E-state index is 12.3. The van der Waals surface area contributed by atoms with Crippen LogP contribution in [0.1, 0.15) is 18.7 Å². The van der Waals surface area contributed by atoms with Crippen molar-refractivity contribution in [3.63, 3.8) is 0 Å². The molecule has 0 unspecified atom stereocenters. The average molecular weight is 347 g/mol. The molecule has 1 aromatic carbocycles. The van der Waals surface area contributed by atoms with Crippen LogP contribution in [0.15, 0.2) is 23.1 Å². The van der Waals surface area contributed by atoms with Crippen molar-refractivity contribution in [2.45, 2.75) is 32.4 Å². The number of benzene rings is 1. The van der Waals surface area contributed by atoms with Crippen LogP contribution < -0.4 is 11.0 Å². The number of hydrogen-bond donors (Lipinski definition) is 2. The summed E-state index contributed by atoms with van der Waals surface area (Å²) in [5.74, 6) is 0.406. The van der Waals surface area contributed by atoms with Crippen molar-refractivity contribution in [1.82, 2.24) is 24.5 Å². The van der Waals surface area contributed by atoms with Gasteiger partial charge in [0.15, 0.2) is 0 Å². The molecule has 0 saturated heterocycles. The maximum atomic E-state index is 12.3. The number of rotatable bonds is 3. The van der Waals surface area contributed by atoms with Gasteiger partial charge in [0.25, 0.3) is 0 Å². The van der Waals surface area contributed by atoms with Crippen molar-refractivity contribution in [1.29, 1.82) is 0 Å². The number of carbonyl (C=O) groups excluding carboxylic acids is 1. The summed E-state index contributed by atoms with van der Waals surface area (Å²) in [5.41, 5.74) is 0.971. The van der Waals surface area contributed by atoms with E-state index in [-0.39, 0.29) is 18.1 Å². The predicted molar refractivity (Wildman–Crippen MR) is 89.2 cm³/mol. The fourth-order valence-electron chi connectivity index (χ4n) is 3.00. The number of halogens is 1. The van der Waals surface area contributed by atoms with Crippen LogP contribution in [-0.2, 0) is 24.3 Å². The van der Waals surface area contributed by atoms with E-state index in [9.17, 15) is 9.59 Å². The fourth-order valence-corrected chi connectivity index (χ4v) is 3.22. The average Bonchev–Trinajstić information content (AvgIpc) is 3.13. The van der Waals surface area contributed by atoms with Crippen LogP contribution in [0, 0.1) is 0 Å². The first-order valence-electron chi connectivity index (χ1n) is 7.71. The molecular weight excluding hydrogens is 332 g/mol. The van der Waals surface area contributed by atoms with E-state index in [0.717, 1.165) is 30.5 Å². The summed E-state index contributed by atoms with van der Waals surface area (Å²) in [4.78, 5) is 24.6. The number of nitrogens with one attached hydrogen (secondary N) is 2. The van der Waals surface area contributed by atoms with E-state index in [0.29, 0.717) is 22.8 Å². The largest absolute Gasteiger partial charge is 0.346 e. The van der Waals surface area contributed by atoms with Gasteiger partial charge in [0.2, 0.25) is 5.91 Å². The van der Waals surface area contributed by atoms with Crippen LogP contribution in [0.5, 0.6) is 0 Å². The monoisotopic (exact) mass is 346 g/mol. The maximum Gasteiger partial charge on any atom is 0.346 e. The Hall–Kier alpha value is -2.61. The number of hydrogen-bond acceptors (Lipinski definition) is 4. The zero-order valence-electron chi connectivity index (χ0n) is 12.8. The molecular formula is C15H15ClN6O2. The highest BCUT2D eigenvalue weighted by molar-refractivity contribution is 6.32. The van der Waals surface area contributed by atoms with Crippen LogP contribution >= 0.6 is 11.6 Å². The van der Waals surface area contributed by atoms with Gasteiger partial charge in [-0.3, -0.25) is 14.5 Å². The van der Waals surface area contributed by atoms with Crippen LogP contribution in [0.4, 0.5) is 5.69 Å². The van der Waals surface area contributed by atoms with E-state index < -0.39 is 0 Å². The molecule has 0 radical (unpaired) electrons. The van der Waals surface area contributed by atoms with Gasteiger partial charge < -0.3 is 5.32 Å². The minimum Gasteiger partial charge on any atom is -0.323 e. The quantitative estimate of drug-likeness (QED) is 0.751. The van der Waals surface area contributed by atoms with Crippen molar-refractivity contribution in [3.05, 3.63) is 39.7 Å². The number of fused-ring (bicyclic) bond motifs is 2. The number of aromatic amines is 1. The van der Waals surface area contributed by atoms with E-state index in [1.807, 2.05) is 0 Å². The molecule has 1 amide bonds. The fraction of sp³-hybridized carbons (Fsp3) is 0.333. The van der Waals surface area contributed by atoms with Gasteiger partial charge in [-0.1, -0.05) is 11.6 Å². The Morgan fingerprint density at radius 3 is 3.08 bits per heavy atom.